The number of aliphatic hydroxyl groups excluding tert-OH is 3. The number of rotatable bonds is 25. The van der Waals surface area contributed by atoms with Crippen molar-refractivity contribution in [3.8, 4) is 5.75 Å². The van der Waals surface area contributed by atoms with Crippen LogP contribution in [0, 0.1) is 11.8 Å². The molecule has 344 valence electrons. The molecular weight excluding hydrogens is 833 g/mol. The molecule has 1 aliphatic heterocycles. The highest BCUT2D eigenvalue weighted by Crippen LogP contribution is 2.32. The van der Waals surface area contributed by atoms with Crippen molar-refractivity contribution in [2.24, 2.45) is 17.6 Å². The second kappa shape index (κ2) is 24.3. The lowest BCUT2D eigenvalue weighted by Gasteiger charge is -2.33. The summed E-state index contributed by atoms with van der Waals surface area (Å²) in [6, 6.07) is -0.184. The van der Waals surface area contributed by atoms with Crippen LogP contribution in [0.1, 0.15) is 45.6 Å². The van der Waals surface area contributed by atoms with Gasteiger partial charge in [-0.2, -0.15) is 0 Å². The van der Waals surface area contributed by atoms with Gasteiger partial charge in [0.25, 0.3) is 0 Å². The van der Waals surface area contributed by atoms with E-state index in [1.807, 2.05) is 0 Å². The molecule has 2 heterocycles. The van der Waals surface area contributed by atoms with Crippen LogP contribution in [0.2, 0.25) is 0 Å². The van der Waals surface area contributed by atoms with E-state index in [0.29, 0.717) is 40.7 Å². The zero-order valence-electron chi connectivity index (χ0n) is 35.4. The average molecular weight is 893 g/mol. The first-order valence-electron chi connectivity index (χ1n) is 20.1. The van der Waals surface area contributed by atoms with Gasteiger partial charge in [-0.25, -0.2) is 0 Å². The van der Waals surface area contributed by atoms with Crippen molar-refractivity contribution < 1.29 is 58.8 Å². The lowest BCUT2D eigenvalue weighted by molar-refractivity contribution is -0.133. The van der Waals surface area contributed by atoms with Crippen LogP contribution in [0.15, 0.2) is 23.2 Å². The molecule has 0 bridgehead atoms. The Morgan fingerprint density at radius 1 is 0.952 bits per heavy atom. The molecule has 0 saturated carbocycles. The van der Waals surface area contributed by atoms with E-state index in [-0.39, 0.29) is 18.6 Å². The van der Waals surface area contributed by atoms with Crippen LogP contribution >= 0.6 is 11.8 Å². The summed E-state index contributed by atoms with van der Waals surface area (Å²) in [5, 5.41) is 59.9. The summed E-state index contributed by atoms with van der Waals surface area (Å²) in [5.41, 5.74) is 6.23. The fraction of sp³-hybridized carbons (Fsp3) is 0.590. The van der Waals surface area contributed by atoms with Gasteiger partial charge >= 0.3 is 0 Å². The number of phenols is 1. The fourth-order valence-corrected chi connectivity index (χ4v) is 7.49. The highest BCUT2D eigenvalue weighted by molar-refractivity contribution is 7.98. The maximum absolute atomic E-state index is 14.2. The first-order valence-corrected chi connectivity index (χ1v) is 21.3. The molecule has 0 aliphatic carbocycles. The maximum Gasteiger partial charge on any atom is 0.243 e. The van der Waals surface area contributed by atoms with E-state index < -0.39 is 128 Å². The van der Waals surface area contributed by atoms with E-state index in [0.717, 1.165) is 0 Å². The monoisotopic (exact) mass is 892 g/mol. The molecule has 1 saturated heterocycles. The molecule has 2 aromatic rings. The average Bonchev–Trinajstić information content (AvgIpc) is 3.75. The number of phenolic OH excluding ortho intramolecular Hbond substituents is 1. The predicted molar refractivity (Wildman–Crippen MR) is 226 cm³/mol. The number of nitrogens with one attached hydrogen (secondary N) is 8. The molecule has 9 atom stereocenters. The van der Waals surface area contributed by atoms with Crippen molar-refractivity contribution in [3.63, 3.8) is 0 Å². The molecule has 22 nitrogen and oxygen atoms in total. The molecule has 7 unspecified atom stereocenters. The Bertz CT molecular complexity index is 1920. The molecule has 7 amide bonds. The molecule has 23 heteroatoms. The number of β-amino-alcohol motifs (C(OH)–C–C–N with tert-alkyl or cyclic N) is 1. The lowest BCUT2D eigenvalue weighted by Crippen LogP contribution is -2.60. The van der Waals surface area contributed by atoms with E-state index in [1.54, 1.807) is 45.0 Å². The molecule has 0 radical (unpaired) electrons. The lowest BCUT2D eigenvalue weighted by atomic mass is 9.94. The summed E-state index contributed by atoms with van der Waals surface area (Å²) >= 11 is 1.33. The van der Waals surface area contributed by atoms with Gasteiger partial charge in [0.1, 0.15) is 24.1 Å². The van der Waals surface area contributed by atoms with E-state index in [2.05, 4.69) is 42.2 Å². The molecule has 1 fully saturated rings. The van der Waals surface area contributed by atoms with Crippen molar-refractivity contribution in [3.05, 3.63) is 23.8 Å². The zero-order chi connectivity index (χ0) is 46.3. The quantitative estimate of drug-likeness (QED) is 0.0334. The maximum atomic E-state index is 14.2. The molecule has 14 N–H and O–H groups in total. The van der Waals surface area contributed by atoms with Gasteiger partial charge in [0.05, 0.1) is 73.7 Å². The number of nitrogens with zero attached hydrogens (tertiary/aromatic N) is 1. The number of aromatic hydroxyl groups is 1. The molecule has 1 aliphatic rings. The van der Waals surface area contributed by atoms with Gasteiger partial charge in [-0.05, 0) is 36.9 Å². The SMILES string of the molecule is CCC(C)C(NC(=O)CNC(=O)C(Cc1c(SC)[nH]c2cc(O)ccc12)NC(=O)C(NC1C[C@@H](O)CN1C)[C@@H](C)C(O)CO)C(=O)NCC(=O)NCC(=O)NC(C=O)CC(N)=O. The summed E-state index contributed by atoms with van der Waals surface area (Å²) in [5.74, 6) is -6.71. The smallest absolute Gasteiger partial charge is 0.243 e. The Hall–Kier alpha value is -5.33. The van der Waals surface area contributed by atoms with Gasteiger partial charge in [0.15, 0.2) is 0 Å². The number of fused-ring (bicyclic) bond motifs is 1. The largest absolute Gasteiger partial charge is 0.508 e. The normalized spacial score (nSPS) is 18.6. The number of carbonyl (C=O) groups is 8. The number of likely N-dealkylation sites (N-methyl/N-ethyl adjacent to an activating group) is 1. The van der Waals surface area contributed by atoms with Crippen LogP contribution in [0.5, 0.6) is 5.75 Å². The summed E-state index contributed by atoms with van der Waals surface area (Å²) in [6.45, 7) is 2.88. The number of aromatic nitrogens is 1. The molecule has 1 aromatic carbocycles. The second-order valence-electron chi connectivity index (χ2n) is 15.4. The van der Waals surface area contributed by atoms with Crippen LogP contribution in [0.4, 0.5) is 0 Å². The molecule has 1 aromatic heterocycles. The summed E-state index contributed by atoms with van der Waals surface area (Å²) in [7, 11) is 1.75. The number of H-pyrrole nitrogens is 1. The van der Waals surface area contributed by atoms with E-state index in [9.17, 15) is 58.8 Å². The minimum Gasteiger partial charge on any atom is -0.508 e. The number of hydrogen-bond acceptors (Lipinski definition) is 15. The van der Waals surface area contributed by atoms with E-state index in [4.69, 9.17) is 5.73 Å². The topological polar surface area (TPSA) is 347 Å². The van der Waals surface area contributed by atoms with Gasteiger partial charge in [0.2, 0.25) is 41.4 Å². The Balaban J connectivity index is 1.76. The van der Waals surface area contributed by atoms with Crippen LogP contribution in [0.25, 0.3) is 10.9 Å². The third kappa shape index (κ3) is 14.9. The van der Waals surface area contributed by atoms with E-state index >= 15 is 0 Å². The van der Waals surface area contributed by atoms with E-state index in [1.165, 1.54) is 23.9 Å². The number of nitrogens with two attached hydrogens (primary N) is 1. The molecule has 3 rings (SSSR count). The fourth-order valence-electron chi connectivity index (χ4n) is 6.84. The van der Waals surface area contributed by atoms with Gasteiger partial charge in [-0.1, -0.05) is 27.2 Å². The standard InChI is InChI=1S/C39H60N10O12S/c1-6-19(2)34(37(60)43-13-31(56)41-14-32(57)44-21(17-50)9-29(40)55)48-33(58)15-42-36(59)27(12-25-24-8-7-22(52)10-26(24)46-39(25)62-5)45-38(61)35(20(3)28(54)18-51)47-30-11-23(53)16-49(30)4/h7-8,10,17,19-21,23,27-28,30,34-35,46-47,51-54H,6,9,11-16,18H2,1-5H3,(H2,40,55)(H,41,56)(H,42,59)(H,43,60)(H,44,57)(H,45,61)(H,48,58)/t19?,20-,21?,23+,27?,28?,30?,34?,35?/m0/s1. The highest BCUT2D eigenvalue weighted by Gasteiger charge is 2.38. The molecule has 62 heavy (non-hydrogen) atoms. The number of primary amides is 1. The third-order valence-electron chi connectivity index (χ3n) is 10.6. The van der Waals surface area contributed by atoms with Crippen LogP contribution < -0.4 is 43.0 Å². The number of amides is 7. The second-order valence-corrected chi connectivity index (χ2v) is 16.2. The van der Waals surface area contributed by atoms with Crippen molar-refractivity contribution in [1.29, 1.82) is 0 Å². The number of likely N-dealkylation sites (tertiary alicyclic amines) is 1. The number of thioether (sulfide) groups is 1. The number of hydrogen-bond donors (Lipinski definition) is 13. The van der Waals surface area contributed by atoms with Gasteiger partial charge in [-0.3, -0.25) is 43.8 Å². The van der Waals surface area contributed by atoms with Crippen molar-refractivity contribution in [1.82, 2.24) is 47.1 Å². The number of aliphatic hydroxyl groups is 3. The van der Waals surface area contributed by atoms with Gasteiger partial charge < -0.3 is 67.8 Å². The van der Waals surface area contributed by atoms with Gasteiger partial charge in [-0.15, -0.1) is 11.8 Å². The molecular formula is C39H60N10O12S. The Kier molecular flexibility index (Phi) is 20.0. The summed E-state index contributed by atoms with van der Waals surface area (Å²) in [6.07, 6.45) is -0.203. The number of aldehydes is 1. The molecule has 0 spiro atoms. The number of carbonyl (C=O) groups excluding carboxylic acids is 8. The highest BCUT2D eigenvalue weighted by atomic mass is 32.2. The van der Waals surface area contributed by atoms with Crippen molar-refractivity contribution in [2.75, 3.05) is 46.1 Å². The van der Waals surface area contributed by atoms with Crippen molar-refractivity contribution >= 4 is 70.3 Å². The number of aromatic amines is 1. The minimum atomic E-state index is -1.33. The minimum absolute atomic E-state index is 0.000427. The summed E-state index contributed by atoms with van der Waals surface area (Å²) in [4.78, 5) is 106. The van der Waals surface area contributed by atoms with Crippen molar-refractivity contribution in [2.45, 2.75) is 94.0 Å². The Morgan fingerprint density at radius 2 is 1.60 bits per heavy atom. The van der Waals surface area contributed by atoms with Crippen LogP contribution in [-0.2, 0) is 44.8 Å². The zero-order valence-corrected chi connectivity index (χ0v) is 36.2. The number of benzene rings is 1. The van der Waals surface area contributed by atoms with Crippen LogP contribution in [-0.4, -0.2) is 167 Å². The predicted octanol–water partition coefficient (Wildman–Crippen LogP) is -3.97. The third-order valence-corrected chi connectivity index (χ3v) is 11.4. The summed E-state index contributed by atoms with van der Waals surface area (Å²) < 4.78 is 0. The first kappa shape index (κ1) is 51.0. The Labute approximate surface area is 362 Å². The van der Waals surface area contributed by atoms with Crippen LogP contribution in [0.3, 0.4) is 0 Å². The van der Waals surface area contributed by atoms with Gasteiger partial charge in [0, 0.05) is 36.8 Å². The first-order chi connectivity index (χ1) is 29.3. The Morgan fingerprint density at radius 3 is 2.19 bits per heavy atom.